The van der Waals surface area contributed by atoms with Gasteiger partial charge in [0, 0.05) is 19.3 Å². The van der Waals surface area contributed by atoms with Crippen molar-refractivity contribution in [2.45, 2.75) is 386 Å². The van der Waals surface area contributed by atoms with Gasteiger partial charge in [-0.1, -0.05) is 334 Å². The molecule has 75 heavy (non-hydrogen) atoms. The Morgan fingerprint density at radius 3 is 0.733 bits per heavy atom. The van der Waals surface area contributed by atoms with Crippen molar-refractivity contribution in [2.75, 3.05) is 13.2 Å². The van der Waals surface area contributed by atoms with E-state index in [0.29, 0.717) is 19.3 Å². The molecule has 0 N–H and O–H groups in total. The Labute approximate surface area is 468 Å². The molecule has 0 fully saturated rings. The fraction of sp³-hybridized carbons (Fsp3) is 0.899. The molecule has 442 valence electrons. The van der Waals surface area contributed by atoms with Crippen LogP contribution in [0.1, 0.15) is 380 Å². The van der Waals surface area contributed by atoms with E-state index < -0.39 is 6.10 Å². The molecule has 6 heteroatoms. The normalized spacial score (nSPS) is 12.1. The Kier molecular flexibility index (Phi) is 62.6. The SMILES string of the molecule is CCCCCCC/C=C\C/C=C\CCCCCCCCCCCCCCCCCC(=O)OCC(COC(=O)CCCCCCC)OC(=O)CCCCCCCCCCCCCCCCCCCCCCCCCCC. The summed E-state index contributed by atoms with van der Waals surface area (Å²) in [6.07, 6.45) is 78.3. The van der Waals surface area contributed by atoms with Gasteiger partial charge in [-0.25, -0.2) is 0 Å². The monoisotopic (exact) mass is 1050 g/mol. The van der Waals surface area contributed by atoms with Gasteiger partial charge in [0.1, 0.15) is 13.2 Å². The van der Waals surface area contributed by atoms with E-state index in [1.165, 1.54) is 270 Å². The molecule has 0 heterocycles. The minimum atomic E-state index is -0.764. The van der Waals surface area contributed by atoms with Crippen molar-refractivity contribution in [3.63, 3.8) is 0 Å². The lowest BCUT2D eigenvalue weighted by atomic mass is 10.0. The second kappa shape index (κ2) is 64.4. The molecule has 0 rings (SSSR count). The molecule has 0 bridgehead atoms. The van der Waals surface area contributed by atoms with Gasteiger partial charge in [-0.3, -0.25) is 14.4 Å². The lowest BCUT2D eigenvalue weighted by Crippen LogP contribution is -2.30. The zero-order valence-corrected chi connectivity index (χ0v) is 50.8. The standard InChI is InChI=1S/C69H130O6/c1-4-7-10-13-15-17-19-21-23-25-27-29-31-33-34-36-37-39-41-43-45-47-49-51-53-56-59-62-68(71)74-65-66(64-73-67(70)61-58-55-12-9-6-3)75-69(72)63-60-57-54-52-50-48-46-44-42-40-38-35-32-30-28-26-24-22-20-18-16-14-11-8-5-2/h19,21,25,27,66H,4-18,20,22-24,26,28-65H2,1-3H3/b21-19-,27-25-. The maximum Gasteiger partial charge on any atom is 0.306 e. The van der Waals surface area contributed by atoms with E-state index in [1.807, 2.05) is 0 Å². The van der Waals surface area contributed by atoms with Crippen molar-refractivity contribution in [2.24, 2.45) is 0 Å². The van der Waals surface area contributed by atoms with Crippen LogP contribution in [-0.4, -0.2) is 37.2 Å². The molecule has 0 aliphatic heterocycles. The molecular weight excluding hydrogens is 925 g/mol. The first-order chi connectivity index (χ1) is 37.0. The molecule has 0 amide bonds. The number of rotatable bonds is 63. The zero-order valence-electron chi connectivity index (χ0n) is 50.8. The Morgan fingerprint density at radius 2 is 0.480 bits per heavy atom. The molecule has 0 radical (unpaired) electrons. The second-order valence-corrected chi connectivity index (χ2v) is 23.1. The summed E-state index contributed by atoms with van der Waals surface area (Å²) in [7, 11) is 0. The lowest BCUT2D eigenvalue weighted by molar-refractivity contribution is -0.167. The van der Waals surface area contributed by atoms with Crippen molar-refractivity contribution < 1.29 is 28.6 Å². The smallest absolute Gasteiger partial charge is 0.306 e. The molecule has 6 nitrogen and oxygen atoms in total. The largest absolute Gasteiger partial charge is 0.462 e. The van der Waals surface area contributed by atoms with Crippen LogP contribution in [0.15, 0.2) is 24.3 Å². The predicted molar refractivity (Wildman–Crippen MR) is 326 cm³/mol. The van der Waals surface area contributed by atoms with Gasteiger partial charge in [0.05, 0.1) is 0 Å². The number of allylic oxidation sites excluding steroid dienone is 4. The zero-order chi connectivity index (χ0) is 54.3. The van der Waals surface area contributed by atoms with Crippen LogP contribution >= 0.6 is 0 Å². The maximum absolute atomic E-state index is 12.8. The molecule has 0 aromatic carbocycles. The fourth-order valence-corrected chi connectivity index (χ4v) is 10.4. The third kappa shape index (κ3) is 62.6. The molecule has 0 saturated carbocycles. The Hall–Kier alpha value is -2.11. The van der Waals surface area contributed by atoms with Crippen molar-refractivity contribution in [1.29, 1.82) is 0 Å². The average molecular weight is 1060 g/mol. The summed E-state index contributed by atoms with van der Waals surface area (Å²) in [5.41, 5.74) is 0. The quantitative estimate of drug-likeness (QED) is 0.0261. The minimum Gasteiger partial charge on any atom is -0.462 e. The van der Waals surface area contributed by atoms with Crippen LogP contribution in [0.3, 0.4) is 0 Å². The van der Waals surface area contributed by atoms with Crippen molar-refractivity contribution in [1.82, 2.24) is 0 Å². The highest BCUT2D eigenvalue weighted by Crippen LogP contribution is 2.18. The first-order valence-electron chi connectivity index (χ1n) is 33.8. The number of ether oxygens (including phenoxy) is 3. The molecule has 0 spiro atoms. The Balaban J connectivity index is 3.95. The van der Waals surface area contributed by atoms with Crippen molar-refractivity contribution in [3.05, 3.63) is 24.3 Å². The highest BCUT2D eigenvalue weighted by atomic mass is 16.6. The number of hydrogen-bond acceptors (Lipinski definition) is 6. The van der Waals surface area contributed by atoms with E-state index in [4.69, 9.17) is 14.2 Å². The summed E-state index contributed by atoms with van der Waals surface area (Å²) in [5.74, 6) is -0.854. The van der Waals surface area contributed by atoms with Crippen LogP contribution in [0.25, 0.3) is 0 Å². The molecule has 0 saturated heterocycles. The molecule has 0 aliphatic carbocycles. The Bertz CT molecular complexity index is 1210. The fourth-order valence-electron chi connectivity index (χ4n) is 10.4. The molecule has 0 aromatic heterocycles. The van der Waals surface area contributed by atoms with E-state index in [2.05, 4.69) is 45.1 Å². The first-order valence-corrected chi connectivity index (χ1v) is 33.8. The van der Waals surface area contributed by atoms with E-state index >= 15 is 0 Å². The summed E-state index contributed by atoms with van der Waals surface area (Å²) in [5, 5.41) is 0. The van der Waals surface area contributed by atoms with E-state index in [1.54, 1.807) is 0 Å². The van der Waals surface area contributed by atoms with E-state index in [-0.39, 0.29) is 31.1 Å². The number of carbonyl (C=O) groups is 3. The van der Waals surface area contributed by atoms with Gasteiger partial charge in [-0.2, -0.15) is 0 Å². The van der Waals surface area contributed by atoms with Crippen molar-refractivity contribution >= 4 is 17.9 Å². The van der Waals surface area contributed by atoms with Crippen molar-refractivity contribution in [3.8, 4) is 0 Å². The average Bonchev–Trinajstić information content (AvgIpc) is 3.41. The summed E-state index contributed by atoms with van der Waals surface area (Å²) >= 11 is 0. The molecule has 1 unspecified atom stereocenters. The van der Waals surface area contributed by atoms with Gasteiger partial charge >= 0.3 is 17.9 Å². The summed E-state index contributed by atoms with van der Waals surface area (Å²) < 4.78 is 16.8. The maximum atomic E-state index is 12.8. The van der Waals surface area contributed by atoms with Crippen LogP contribution in [0.2, 0.25) is 0 Å². The third-order valence-corrected chi connectivity index (χ3v) is 15.5. The van der Waals surface area contributed by atoms with Gasteiger partial charge < -0.3 is 14.2 Å². The van der Waals surface area contributed by atoms with Crippen LogP contribution in [0.5, 0.6) is 0 Å². The number of unbranched alkanes of at least 4 members (excludes halogenated alkanes) is 48. The number of hydrogen-bond donors (Lipinski definition) is 0. The highest BCUT2D eigenvalue weighted by molar-refractivity contribution is 5.71. The second-order valence-electron chi connectivity index (χ2n) is 23.1. The van der Waals surface area contributed by atoms with Gasteiger partial charge in [-0.05, 0) is 51.4 Å². The topological polar surface area (TPSA) is 78.9 Å². The lowest BCUT2D eigenvalue weighted by Gasteiger charge is -2.18. The van der Waals surface area contributed by atoms with Crippen LogP contribution in [0.4, 0.5) is 0 Å². The third-order valence-electron chi connectivity index (χ3n) is 15.5. The van der Waals surface area contributed by atoms with Gasteiger partial charge in [-0.15, -0.1) is 0 Å². The highest BCUT2D eigenvalue weighted by Gasteiger charge is 2.19. The molecule has 0 aliphatic rings. The van der Waals surface area contributed by atoms with Crippen LogP contribution in [0, 0.1) is 0 Å². The molecular formula is C69H130O6. The summed E-state index contributed by atoms with van der Waals surface area (Å²) in [4.78, 5) is 38.0. The predicted octanol–water partition coefficient (Wildman–Crippen LogP) is 23.0. The Morgan fingerprint density at radius 1 is 0.267 bits per heavy atom. The van der Waals surface area contributed by atoms with E-state index in [9.17, 15) is 14.4 Å². The number of esters is 3. The van der Waals surface area contributed by atoms with E-state index in [0.717, 1.165) is 70.6 Å². The van der Waals surface area contributed by atoms with Crippen LogP contribution in [-0.2, 0) is 28.6 Å². The summed E-state index contributed by atoms with van der Waals surface area (Å²) in [6, 6.07) is 0. The van der Waals surface area contributed by atoms with Gasteiger partial charge in [0.2, 0.25) is 0 Å². The van der Waals surface area contributed by atoms with Gasteiger partial charge in [0.15, 0.2) is 6.10 Å². The van der Waals surface area contributed by atoms with Gasteiger partial charge in [0.25, 0.3) is 0 Å². The molecule has 0 aromatic rings. The number of carbonyl (C=O) groups excluding carboxylic acids is 3. The molecule has 1 atom stereocenters. The summed E-state index contributed by atoms with van der Waals surface area (Å²) in [6.45, 7) is 6.62. The van der Waals surface area contributed by atoms with Crippen LogP contribution < -0.4 is 0 Å². The minimum absolute atomic E-state index is 0.0660. The first kappa shape index (κ1) is 72.9.